The molecule has 0 radical (unpaired) electrons. The highest BCUT2D eigenvalue weighted by Crippen LogP contribution is 2.34. The lowest BCUT2D eigenvalue weighted by atomic mass is 9.94. The number of nitrogens with two attached hydrogens (primary N) is 1. The number of aryl methyl sites for hydroxylation is 1. The van der Waals surface area contributed by atoms with E-state index in [4.69, 9.17) is 15.2 Å². The van der Waals surface area contributed by atoms with Gasteiger partial charge in [-0.2, -0.15) is 5.26 Å². The van der Waals surface area contributed by atoms with Gasteiger partial charge in [-0.15, -0.1) is 0 Å². The zero-order chi connectivity index (χ0) is 19.9. The van der Waals surface area contributed by atoms with Crippen molar-refractivity contribution in [3.05, 3.63) is 59.0 Å². The van der Waals surface area contributed by atoms with E-state index in [1.807, 2.05) is 38.1 Å². The third-order valence-corrected chi connectivity index (χ3v) is 5.31. The maximum absolute atomic E-state index is 9.66. The fourth-order valence-corrected chi connectivity index (χ4v) is 3.61. The van der Waals surface area contributed by atoms with Crippen molar-refractivity contribution in [3.8, 4) is 17.2 Å². The molecule has 1 aliphatic heterocycles. The van der Waals surface area contributed by atoms with Crippen LogP contribution in [0.15, 0.2) is 36.5 Å². The number of nitriles is 1. The minimum atomic E-state index is -0.474. The summed E-state index contributed by atoms with van der Waals surface area (Å²) in [5, 5.41) is 10.6. The number of nitrogens with zero attached hydrogens (tertiary/aromatic N) is 3. The molecule has 1 atom stereocenters. The zero-order valence-electron chi connectivity index (χ0n) is 16.2. The van der Waals surface area contributed by atoms with Gasteiger partial charge in [-0.25, -0.2) is 4.98 Å². The summed E-state index contributed by atoms with van der Waals surface area (Å²) >= 11 is 0. The Morgan fingerprint density at radius 2 is 2.07 bits per heavy atom. The van der Waals surface area contributed by atoms with Gasteiger partial charge in [0.15, 0.2) is 5.60 Å². The molecule has 3 aromatic rings. The Kier molecular flexibility index (Phi) is 4.60. The van der Waals surface area contributed by atoms with E-state index in [0.29, 0.717) is 18.9 Å². The highest BCUT2D eigenvalue weighted by molar-refractivity contribution is 5.89. The van der Waals surface area contributed by atoms with Gasteiger partial charge >= 0.3 is 0 Å². The van der Waals surface area contributed by atoms with Crippen LogP contribution in [0.3, 0.4) is 0 Å². The van der Waals surface area contributed by atoms with Crippen molar-refractivity contribution in [2.75, 3.05) is 20.3 Å². The molecule has 0 bridgehead atoms. The van der Waals surface area contributed by atoms with E-state index in [0.717, 1.165) is 38.9 Å². The normalized spacial score (nSPS) is 16.4. The van der Waals surface area contributed by atoms with E-state index in [2.05, 4.69) is 22.1 Å². The Balaban J connectivity index is 1.85. The third-order valence-electron chi connectivity index (χ3n) is 5.31. The van der Waals surface area contributed by atoms with Crippen molar-refractivity contribution in [2.45, 2.75) is 25.5 Å². The molecule has 1 saturated heterocycles. The summed E-state index contributed by atoms with van der Waals surface area (Å²) in [6.45, 7) is 4.95. The summed E-state index contributed by atoms with van der Waals surface area (Å²) in [7, 11) is 1.66. The molecule has 1 aromatic carbocycles. The second-order valence-corrected chi connectivity index (χ2v) is 7.33. The summed E-state index contributed by atoms with van der Waals surface area (Å²) < 4.78 is 10.9. The standard InChI is InChI=1S/C22H22N4O2/c1-13-6-16(14(2)24)18-8-17(20(9-23)26-19(18)7-13)15-4-5-21(25-10-15)22(27-3)11-28-12-22/h4-8,10,14H,11-12,24H2,1-3H3. The number of benzene rings is 1. The Morgan fingerprint density at radius 1 is 1.29 bits per heavy atom. The van der Waals surface area contributed by atoms with Gasteiger partial charge in [0.25, 0.3) is 0 Å². The van der Waals surface area contributed by atoms with Gasteiger partial charge < -0.3 is 15.2 Å². The van der Waals surface area contributed by atoms with Crippen molar-refractivity contribution >= 4 is 10.9 Å². The van der Waals surface area contributed by atoms with Gasteiger partial charge in [0.1, 0.15) is 11.8 Å². The van der Waals surface area contributed by atoms with Crippen molar-refractivity contribution in [2.24, 2.45) is 5.73 Å². The van der Waals surface area contributed by atoms with Crippen LogP contribution in [0, 0.1) is 18.3 Å². The van der Waals surface area contributed by atoms with Gasteiger partial charge in [0.05, 0.1) is 24.4 Å². The molecule has 1 unspecified atom stereocenters. The van der Waals surface area contributed by atoms with E-state index in [1.54, 1.807) is 13.3 Å². The molecule has 1 fully saturated rings. The number of ether oxygens (including phenoxy) is 2. The molecule has 0 spiro atoms. The Labute approximate surface area is 163 Å². The lowest BCUT2D eigenvalue weighted by Crippen LogP contribution is -2.48. The van der Waals surface area contributed by atoms with E-state index in [-0.39, 0.29) is 6.04 Å². The molecule has 3 heterocycles. The van der Waals surface area contributed by atoms with E-state index >= 15 is 0 Å². The zero-order valence-corrected chi connectivity index (χ0v) is 16.2. The number of fused-ring (bicyclic) bond motifs is 1. The molecule has 4 rings (SSSR count). The predicted molar refractivity (Wildman–Crippen MR) is 107 cm³/mol. The van der Waals surface area contributed by atoms with Gasteiger partial charge in [0.2, 0.25) is 0 Å². The van der Waals surface area contributed by atoms with Gasteiger partial charge in [-0.1, -0.05) is 12.1 Å². The number of hydrogen-bond acceptors (Lipinski definition) is 6. The largest absolute Gasteiger partial charge is 0.374 e. The average molecular weight is 374 g/mol. The topological polar surface area (TPSA) is 94.1 Å². The first-order valence-corrected chi connectivity index (χ1v) is 9.18. The van der Waals surface area contributed by atoms with Gasteiger partial charge in [0, 0.05) is 35.9 Å². The second-order valence-electron chi connectivity index (χ2n) is 7.33. The minimum absolute atomic E-state index is 0.134. The molecule has 6 heteroatoms. The number of aromatic nitrogens is 2. The summed E-state index contributed by atoms with van der Waals surface area (Å²) in [4.78, 5) is 9.18. The van der Waals surface area contributed by atoms with Crippen LogP contribution in [0.25, 0.3) is 22.0 Å². The fraction of sp³-hybridized carbons (Fsp3) is 0.318. The summed E-state index contributed by atoms with van der Waals surface area (Å²) in [5.74, 6) is 0. The number of hydrogen-bond donors (Lipinski definition) is 1. The molecule has 2 N–H and O–H groups in total. The van der Waals surface area contributed by atoms with Crippen LogP contribution >= 0.6 is 0 Å². The summed E-state index contributed by atoms with van der Waals surface area (Å²) in [6, 6.07) is 12.0. The van der Waals surface area contributed by atoms with Gasteiger partial charge in [-0.3, -0.25) is 4.98 Å². The van der Waals surface area contributed by atoms with Crippen LogP contribution in [-0.4, -0.2) is 30.3 Å². The Morgan fingerprint density at radius 3 is 2.61 bits per heavy atom. The van der Waals surface area contributed by atoms with Crippen LogP contribution in [0.5, 0.6) is 0 Å². The maximum Gasteiger partial charge on any atom is 0.156 e. The predicted octanol–water partition coefficient (Wildman–Crippen LogP) is 3.37. The highest BCUT2D eigenvalue weighted by Gasteiger charge is 2.42. The minimum Gasteiger partial charge on any atom is -0.374 e. The molecule has 1 aliphatic rings. The third kappa shape index (κ3) is 2.94. The Bertz CT molecular complexity index is 1070. The van der Waals surface area contributed by atoms with E-state index in [1.165, 1.54) is 0 Å². The van der Waals surface area contributed by atoms with E-state index in [9.17, 15) is 5.26 Å². The van der Waals surface area contributed by atoms with Crippen LogP contribution in [0.4, 0.5) is 0 Å². The van der Waals surface area contributed by atoms with Crippen molar-refractivity contribution < 1.29 is 9.47 Å². The molecule has 28 heavy (non-hydrogen) atoms. The van der Waals surface area contributed by atoms with Crippen molar-refractivity contribution in [1.82, 2.24) is 9.97 Å². The van der Waals surface area contributed by atoms with E-state index < -0.39 is 5.60 Å². The first kappa shape index (κ1) is 18.5. The molecular formula is C22H22N4O2. The number of pyridine rings is 2. The summed E-state index contributed by atoms with van der Waals surface area (Å²) in [5.41, 5.74) is 11.3. The molecular weight excluding hydrogens is 352 g/mol. The molecule has 142 valence electrons. The lowest BCUT2D eigenvalue weighted by Gasteiger charge is -2.39. The quantitative estimate of drug-likeness (QED) is 0.752. The first-order chi connectivity index (χ1) is 13.5. The second kappa shape index (κ2) is 6.95. The number of rotatable bonds is 4. The fourth-order valence-electron chi connectivity index (χ4n) is 3.61. The molecule has 2 aromatic heterocycles. The van der Waals surface area contributed by atoms with Crippen molar-refractivity contribution in [1.29, 1.82) is 5.26 Å². The average Bonchev–Trinajstić information content (AvgIpc) is 2.66. The monoisotopic (exact) mass is 374 g/mol. The lowest BCUT2D eigenvalue weighted by molar-refractivity contribution is -0.204. The maximum atomic E-state index is 9.66. The van der Waals surface area contributed by atoms with Crippen LogP contribution < -0.4 is 5.73 Å². The smallest absolute Gasteiger partial charge is 0.156 e. The van der Waals surface area contributed by atoms with Crippen LogP contribution in [-0.2, 0) is 15.1 Å². The Hall–Kier alpha value is -2.85. The summed E-state index contributed by atoms with van der Waals surface area (Å²) in [6.07, 6.45) is 1.76. The number of methoxy groups -OCH3 is 1. The molecule has 0 aliphatic carbocycles. The molecule has 0 saturated carbocycles. The van der Waals surface area contributed by atoms with Gasteiger partial charge in [-0.05, 0) is 43.2 Å². The van der Waals surface area contributed by atoms with Crippen molar-refractivity contribution in [3.63, 3.8) is 0 Å². The SMILES string of the molecule is COC1(c2ccc(-c3cc4c(C(C)N)cc(C)cc4nc3C#N)cn2)COC1. The van der Waals surface area contributed by atoms with Crippen LogP contribution in [0.2, 0.25) is 0 Å². The first-order valence-electron chi connectivity index (χ1n) is 9.18. The van der Waals surface area contributed by atoms with Crippen LogP contribution in [0.1, 0.15) is 35.5 Å². The highest BCUT2D eigenvalue weighted by atomic mass is 16.6. The molecule has 6 nitrogen and oxygen atoms in total. The molecule has 0 amide bonds.